The number of nitrogens with one attached hydrogen (secondary N) is 1. The van der Waals surface area contributed by atoms with Crippen molar-refractivity contribution in [2.45, 2.75) is 32.2 Å². The van der Waals surface area contributed by atoms with Gasteiger partial charge in [0.1, 0.15) is 18.0 Å². The van der Waals surface area contributed by atoms with Crippen molar-refractivity contribution in [2.75, 3.05) is 11.1 Å². The standard InChI is InChI=1S/C20H21N5O4S/c1-3-24-18(12-29-15-8-6-7-14(2)11-15)22-23-20(24)30-13-19(26)21-16-9-4-5-10-17(16)25(27)28/h4-11H,3,12-13H2,1-2H3,(H,21,26). The van der Waals surface area contributed by atoms with Crippen LogP contribution in [0.15, 0.2) is 53.7 Å². The minimum atomic E-state index is -0.531. The van der Waals surface area contributed by atoms with Gasteiger partial charge < -0.3 is 14.6 Å². The summed E-state index contributed by atoms with van der Waals surface area (Å²) >= 11 is 1.21. The van der Waals surface area contributed by atoms with Crippen molar-refractivity contribution in [1.29, 1.82) is 0 Å². The van der Waals surface area contributed by atoms with E-state index < -0.39 is 4.92 Å². The van der Waals surface area contributed by atoms with Crippen LogP contribution >= 0.6 is 11.8 Å². The van der Waals surface area contributed by atoms with Crippen LogP contribution in [0.5, 0.6) is 5.75 Å². The number of ether oxygens (including phenoxy) is 1. The Kier molecular flexibility index (Phi) is 7.02. The fraction of sp³-hybridized carbons (Fsp3) is 0.250. The van der Waals surface area contributed by atoms with Gasteiger partial charge in [-0.05, 0) is 37.6 Å². The second-order valence-electron chi connectivity index (χ2n) is 6.36. The maximum Gasteiger partial charge on any atom is 0.292 e. The molecule has 0 aliphatic rings. The van der Waals surface area contributed by atoms with Gasteiger partial charge >= 0.3 is 0 Å². The van der Waals surface area contributed by atoms with Gasteiger partial charge in [-0.3, -0.25) is 14.9 Å². The maximum absolute atomic E-state index is 12.3. The number of carbonyl (C=O) groups excluding carboxylic acids is 1. The molecule has 9 nitrogen and oxygen atoms in total. The van der Waals surface area contributed by atoms with Crippen LogP contribution in [-0.2, 0) is 17.9 Å². The number of aromatic nitrogens is 3. The summed E-state index contributed by atoms with van der Waals surface area (Å²) in [6, 6.07) is 13.7. The van der Waals surface area contributed by atoms with E-state index in [1.807, 2.05) is 42.7 Å². The quantitative estimate of drug-likeness (QED) is 0.314. The molecule has 0 radical (unpaired) electrons. The molecule has 1 aromatic heterocycles. The van der Waals surface area contributed by atoms with Crippen LogP contribution in [0.4, 0.5) is 11.4 Å². The summed E-state index contributed by atoms with van der Waals surface area (Å²) < 4.78 is 7.67. The molecule has 0 bridgehead atoms. The molecule has 156 valence electrons. The predicted molar refractivity (Wildman–Crippen MR) is 114 cm³/mol. The van der Waals surface area contributed by atoms with E-state index >= 15 is 0 Å². The molecule has 1 N–H and O–H groups in total. The number of para-hydroxylation sites is 2. The van der Waals surface area contributed by atoms with E-state index in [9.17, 15) is 14.9 Å². The van der Waals surface area contributed by atoms with Gasteiger partial charge in [-0.15, -0.1) is 10.2 Å². The van der Waals surface area contributed by atoms with Gasteiger partial charge in [0.15, 0.2) is 11.0 Å². The van der Waals surface area contributed by atoms with E-state index in [2.05, 4.69) is 15.5 Å². The second-order valence-corrected chi connectivity index (χ2v) is 7.30. The Morgan fingerprint density at radius 2 is 2.03 bits per heavy atom. The summed E-state index contributed by atoms with van der Waals surface area (Å²) in [5.74, 6) is 1.08. The Labute approximate surface area is 177 Å². The van der Waals surface area contributed by atoms with Crippen LogP contribution in [-0.4, -0.2) is 31.3 Å². The highest BCUT2D eigenvalue weighted by molar-refractivity contribution is 7.99. The number of nitro groups is 1. The smallest absolute Gasteiger partial charge is 0.292 e. The van der Waals surface area contributed by atoms with E-state index in [1.54, 1.807) is 12.1 Å². The zero-order valence-electron chi connectivity index (χ0n) is 16.6. The molecule has 0 aliphatic heterocycles. The minimum absolute atomic E-state index is 0.0446. The molecule has 0 saturated heterocycles. The van der Waals surface area contributed by atoms with Crippen LogP contribution in [0.2, 0.25) is 0 Å². The number of hydrogen-bond acceptors (Lipinski definition) is 7. The van der Waals surface area contributed by atoms with E-state index in [0.29, 0.717) is 17.5 Å². The topological polar surface area (TPSA) is 112 Å². The SMILES string of the molecule is CCn1c(COc2cccc(C)c2)nnc1SCC(=O)Nc1ccccc1[N+](=O)[O-]. The van der Waals surface area contributed by atoms with Gasteiger partial charge in [0.05, 0.1) is 10.7 Å². The second kappa shape index (κ2) is 9.88. The lowest BCUT2D eigenvalue weighted by Crippen LogP contribution is -2.15. The highest BCUT2D eigenvalue weighted by Crippen LogP contribution is 2.24. The third-order valence-electron chi connectivity index (χ3n) is 4.17. The molecule has 1 amide bonds. The molecule has 0 saturated carbocycles. The zero-order chi connectivity index (χ0) is 21.5. The van der Waals surface area contributed by atoms with Crippen molar-refractivity contribution in [1.82, 2.24) is 14.8 Å². The van der Waals surface area contributed by atoms with Crippen molar-refractivity contribution >= 4 is 29.0 Å². The van der Waals surface area contributed by atoms with Gasteiger partial charge in [0.25, 0.3) is 5.69 Å². The van der Waals surface area contributed by atoms with Crippen LogP contribution in [0.3, 0.4) is 0 Å². The van der Waals surface area contributed by atoms with Gasteiger partial charge in [0, 0.05) is 12.6 Å². The largest absolute Gasteiger partial charge is 0.486 e. The average Bonchev–Trinajstić information content (AvgIpc) is 3.13. The molecule has 0 spiro atoms. The molecular weight excluding hydrogens is 406 g/mol. The van der Waals surface area contributed by atoms with Crippen molar-refractivity contribution in [3.8, 4) is 5.75 Å². The Bertz CT molecular complexity index is 1050. The van der Waals surface area contributed by atoms with E-state index in [0.717, 1.165) is 11.3 Å². The first-order chi connectivity index (χ1) is 14.5. The molecule has 3 rings (SSSR count). The zero-order valence-corrected chi connectivity index (χ0v) is 17.4. The number of thioether (sulfide) groups is 1. The highest BCUT2D eigenvalue weighted by atomic mass is 32.2. The van der Waals surface area contributed by atoms with Crippen molar-refractivity contribution < 1.29 is 14.5 Å². The number of hydrogen-bond donors (Lipinski definition) is 1. The Balaban J connectivity index is 1.60. The highest BCUT2D eigenvalue weighted by Gasteiger charge is 2.17. The van der Waals surface area contributed by atoms with Gasteiger partial charge in [0.2, 0.25) is 5.91 Å². The lowest BCUT2D eigenvalue weighted by Gasteiger charge is -2.09. The summed E-state index contributed by atoms with van der Waals surface area (Å²) in [5, 5.41) is 22.5. The first-order valence-electron chi connectivity index (χ1n) is 9.25. The van der Waals surface area contributed by atoms with Crippen molar-refractivity contribution in [3.63, 3.8) is 0 Å². The monoisotopic (exact) mass is 427 g/mol. The lowest BCUT2D eigenvalue weighted by molar-refractivity contribution is -0.383. The fourth-order valence-corrected chi connectivity index (χ4v) is 3.58. The summed E-state index contributed by atoms with van der Waals surface area (Å²) in [7, 11) is 0. The van der Waals surface area contributed by atoms with E-state index in [-0.39, 0.29) is 29.6 Å². The molecule has 2 aromatic carbocycles. The van der Waals surface area contributed by atoms with Gasteiger partial charge in [-0.2, -0.15) is 0 Å². The number of nitrogens with zero attached hydrogens (tertiary/aromatic N) is 4. The number of aryl methyl sites for hydroxylation is 1. The summed E-state index contributed by atoms with van der Waals surface area (Å²) in [4.78, 5) is 22.8. The first-order valence-corrected chi connectivity index (χ1v) is 10.2. The first kappa shape index (κ1) is 21.3. The summed E-state index contributed by atoms with van der Waals surface area (Å²) in [6.07, 6.45) is 0. The van der Waals surface area contributed by atoms with Gasteiger partial charge in [-0.1, -0.05) is 36.0 Å². The van der Waals surface area contributed by atoms with Crippen LogP contribution < -0.4 is 10.1 Å². The number of rotatable bonds is 9. The molecule has 0 aliphatic carbocycles. The number of anilines is 1. The number of nitro benzene ring substituents is 1. The predicted octanol–water partition coefficient (Wildman–Crippen LogP) is 3.82. The van der Waals surface area contributed by atoms with Crippen molar-refractivity contribution in [3.05, 3.63) is 70.0 Å². The van der Waals surface area contributed by atoms with E-state index in [1.165, 1.54) is 23.9 Å². The Morgan fingerprint density at radius 1 is 1.23 bits per heavy atom. The Morgan fingerprint density at radius 3 is 2.77 bits per heavy atom. The molecule has 3 aromatic rings. The average molecular weight is 427 g/mol. The third kappa shape index (κ3) is 5.35. The number of benzene rings is 2. The molecule has 0 fully saturated rings. The van der Waals surface area contributed by atoms with Crippen LogP contribution in [0.25, 0.3) is 0 Å². The van der Waals surface area contributed by atoms with E-state index in [4.69, 9.17) is 4.74 Å². The van der Waals surface area contributed by atoms with Gasteiger partial charge in [-0.25, -0.2) is 0 Å². The minimum Gasteiger partial charge on any atom is -0.486 e. The summed E-state index contributed by atoms with van der Waals surface area (Å²) in [5.41, 5.74) is 1.12. The fourth-order valence-electron chi connectivity index (χ4n) is 2.76. The summed E-state index contributed by atoms with van der Waals surface area (Å²) in [6.45, 7) is 4.82. The maximum atomic E-state index is 12.3. The molecule has 0 unspecified atom stereocenters. The normalized spacial score (nSPS) is 10.6. The molecule has 30 heavy (non-hydrogen) atoms. The van der Waals surface area contributed by atoms with Crippen LogP contribution in [0, 0.1) is 17.0 Å². The molecule has 10 heteroatoms. The number of carbonyl (C=O) groups is 1. The number of amides is 1. The van der Waals surface area contributed by atoms with Crippen molar-refractivity contribution in [2.24, 2.45) is 0 Å². The Hall–Kier alpha value is -3.40. The lowest BCUT2D eigenvalue weighted by atomic mass is 10.2. The molecule has 1 heterocycles. The molecular formula is C20H21N5O4S. The third-order valence-corrected chi connectivity index (χ3v) is 5.14. The molecule has 0 atom stereocenters. The van der Waals surface area contributed by atoms with Crippen LogP contribution in [0.1, 0.15) is 18.3 Å².